The number of ether oxygens (including phenoxy) is 3. The van der Waals surface area contributed by atoms with Crippen molar-refractivity contribution in [2.45, 2.75) is 78.3 Å². The van der Waals surface area contributed by atoms with Gasteiger partial charge in [0.15, 0.2) is 5.78 Å². The summed E-state index contributed by atoms with van der Waals surface area (Å²) in [6, 6.07) is 0. The van der Waals surface area contributed by atoms with E-state index in [9.17, 15) is 4.79 Å². The minimum atomic E-state index is -0.907. The fourth-order valence-electron chi connectivity index (χ4n) is 4.57. The summed E-state index contributed by atoms with van der Waals surface area (Å²) in [5, 5.41) is 0. The standard InChI is InChI=1S/C26H36O4/c1-17(2)8-7-9-18(3)10-22-11-19(4)14-26(29-22)15-21(16-28-6)23-13-24(27)20(5)12-25(23)30-26/h8,10,12,14-15,22-23,25H,7,9,11,13,16H2,1-6H3/t22-,23-,25-,26+/m0/s1. The van der Waals surface area contributed by atoms with Crippen LogP contribution in [0.5, 0.6) is 0 Å². The number of fused-ring (bicyclic) bond motifs is 1. The Labute approximate surface area is 181 Å². The zero-order valence-corrected chi connectivity index (χ0v) is 19.3. The maximum absolute atomic E-state index is 12.3. The van der Waals surface area contributed by atoms with E-state index in [-0.39, 0.29) is 23.9 Å². The second-order valence-corrected chi connectivity index (χ2v) is 9.22. The third-order valence-electron chi connectivity index (χ3n) is 6.02. The van der Waals surface area contributed by atoms with Crippen LogP contribution in [-0.4, -0.2) is 37.5 Å². The van der Waals surface area contributed by atoms with Crippen LogP contribution in [0.25, 0.3) is 0 Å². The van der Waals surface area contributed by atoms with Crippen LogP contribution in [0.15, 0.2) is 58.2 Å². The van der Waals surface area contributed by atoms with Crippen LogP contribution in [0.4, 0.5) is 0 Å². The van der Waals surface area contributed by atoms with Gasteiger partial charge < -0.3 is 14.2 Å². The Bertz CT molecular complexity index is 822. The number of Topliss-reactive ketones (excluding diaryl/α,β-unsaturated/α-hetero) is 1. The fraction of sp³-hybridized carbons (Fsp3) is 0.577. The Balaban J connectivity index is 1.85. The highest BCUT2D eigenvalue weighted by Crippen LogP contribution is 2.42. The Morgan fingerprint density at radius 2 is 1.97 bits per heavy atom. The molecule has 164 valence electrons. The summed E-state index contributed by atoms with van der Waals surface area (Å²) in [5.41, 5.74) is 5.78. The van der Waals surface area contributed by atoms with Gasteiger partial charge in [-0.25, -0.2) is 0 Å². The van der Waals surface area contributed by atoms with Crippen LogP contribution in [-0.2, 0) is 19.0 Å². The van der Waals surface area contributed by atoms with Gasteiger partial charge in [-0.05, 0) is 83.3 Å². The molecule has 0 aromatic carbocycles. The first kappa shape index (κ1) is 22.9. The molecule has 2 heterocycles. The highest BCUT2D eigenvalue weighted by molar-refractivity contribution is 5.96. The number of carbonyl (C=O) groups excluding carboxylic acids is 1. The van der Waals surface area contributed by atoms with Crippen molar-refractivity contribution in [1.29, 1.82) is 0 Å². The molecule has 0 saturated carbocycles. The van der Waals surface area contributed by atoms with Crippen molar-refractivity contribution in [3.8, 4) is 0 Å². The summed E-state index contributed by atoms with van der Waals surface area (Å²) in [5.74, 6) is -0.705. The third kappa shape index (κ3) is 5.48. The van der Waals surface area contributed by atoms with E-state index in [0.717, 1.165) is 30.4 Å². The maximum atomic E-state index is 12.3. The average Bonchev–Trinajstić information content (AvgIpc) is 2.62. The van der Waals surface area contributed by atoms with Gasteiger partial charge in [0.05, 0.1) is 18.8 Å². The van der Waals surface area contributed by atoms with Gasteiger partial charge in [-0.2, -0.15) is 0 Å². The van der Waals surface area contributed by atoms with Crippen molar-refractivity contribution in [2.24, 2.45) is 5.92 Å². The number of ketones is 1. The topological polar surface area (TPSA) is 44.8 Å². The Hall–Kier alpha value is -1.75. The zero-order chi connectivity index (χ0) is 21.9. The van der Waals surface area contributed by atoms with Gasteiger partial charge in [-0.3, -0.25) is 4.79 Å². The zero-order valence-electron chi connectivity index (χ0n) is 19.3. The van der Waals surface area contributed by atoms with E-state index in [4.69, 9.17) is 14.2 Å². The summed E-state index contributed by atoms with van der Waals surface area (Å²) < 4.78 is 18.5. The summed E-state index contributed by atoms with van der Waals surface area (Å²) in [7, 11) is 1.69. The van der Waals surface area contributed by atoms with Gasteiger partial charge in [0.2, 0.25) is 5.79 Å². The highest BCUT2D eigenvalue weighted by Gasteiger charge is 2.45. The molecule has 4 atom stereocenters. The van der Waals surface area contributed by atoms with Gasteiger partial charge in [0.1, 0.15) is 0 Å². The first-order chi connectivity index (χ1) is 14.2. The molecule has 1 spiro atoms. The molecule has 4 heteroatoms. The number of rotatable bonds is 6. The maximum Gasteiger partial charge on any atom is 0.209 e. The molecule has 0 aromatic heterocycles. The lowest BCUT2D eigenvalue weighted by Gasteiger charge is -2.45. The molecule has 3 rings (SSSR count). The van der Waals surface area contributed by atoms with Crippen molar-refractivity contribution in [3.05, 3.63) is 58.2 Å². The quantitative estimate of drug-likeness (QED) is 0.531. The van der Waals surface area contributed by atoms with Gasteiger partial charge in [-0.1, -0.05) is 28.9 Å². The number of allylic oxidation sites excluding steroid dienone is 4. The van der Waals surface area contributed by atoms with Crippen molar-refractivity contribution in [3.63, 3.8) is 0 Å². The van der Waals surface area contributed by atoms with E-state index < -0.39 is 5.79 Å². The second kappa shape index (κ2) is 9.59. The molecule has 4 nitrogen and oxygen atoms in total. The monoisotopic (exact) mass is 412 g/mol. The molecule has 0 bridgehead atoms. The van der Waals surface area contributed by atoms with E-state index in [1.54, 1.807) is 7.11 Å². The molecule has 1 aliphatic carbocycles. The van der Waals surface area contributed by atoms with Crippen molar-refractivity contribution in [2.75, 3.05) is 13.7 Å². The molecule has 0 fully saturated rings. The van der Waals surface area contributed by atoms with Crippen molar-refractivity contribution in [1.82, 2.24) is 0 Å². The molecule has 0 aromatic rings. The number of hydrogen-bond donors (Lipinski definition) is 0. The molecular formula is C26H36O4. The van der Waals surface area contributed by atoms with Crippen molar-refractivity contribution < 1.29 is 19.0 Å². The Morgan fingerprint density at radius 1 is 1.20 bits per heavy atom. The first-order valence-electron chi connectivity index (χ1n) is 11.0. The van der Waals surface area contributed by atoms with Gasteiger partial charge in [0, 0.05) is 19.4 Å². The molecular weight excluding hydrogens is 376 g/mol. The SMILES string of the molecule is COCC1=C[C@@]2(C=C(C)C[C@H](C=C(C)CCC=C(C)C)O2)O[C@H]2C=C(C)C(=O)C[C@@H]12. The lowest BCUT2D eigenvalue weighted by atomic mass is 9.79. The average molecular weight is 413 g/mol. The molecule has 0 radical (unpaired) electrons. The fourth-order valence-corrected chi connectivity index (χ4v) is 4.57. The predicted molar refractivity (Wildman–Crippen MR) is 120 cm³/mol. The largest absolute Gasteiger partial charge is 0.380 e. The number of hydrogen-bond acceptors (Lipinski definition) is 4. The summed E-state index contributed by atoms with van der Waals surface area (Å²) in [4.78, 5) is 12.3. The third-order valence-corrected chi connectivity index (χ3v) is 6.02. The molecule has 0 saturated heterocycles. The van der Waals surface area contributed by atoms with Crippen LogP contribution in [0.2, 0.25) is 0 Å². The molecule has 2 aliphatic heterocycles. The molecule has 0 N–H and O–H groups in total. The normalized spacial score (nSPS) is 31.7. The Kier molecular flexibility index (Phi) is 7.33. The smallest absolute Gasteiger partial charge is 0.209 e. The van der Waals surface area contributed by atoms with E-state index in [2.05, 4.69) is 45.9 Å². The first-order valence-corrected chi connectivity index (χ1v) is 11.0. The van der Waals surface area contributed by atoms with E-state index in [1.165, 1.54) is 16.7 Å². The summed E-state index contributed by atoms with van der Waals surface area (Å²) >= 11 is 0. The molecule has 0 amide bonds. The van der Waals surface area contributed by atoms with Crippen LogP contribution in [0, 0.1) is 5.92 Å². The predicted octanol–water partition coefficient (Wildman–Crippen LogP) is 5.62. The lowest BCUT2D eigenvalue weighted by Crippen LogP contribution is -2.49. The van der Waals surface area contributed by atoms with Crippen molar-refractivity contribution >= 4 is 5.78 Å². The second-order valence-electron chi connectivity index (χ2n) is 9.22. The van der Waals surface area contributed by atoms with Crippen LogP contribution >= 0.6 is 0 Å². The highest BCUT2D eigenvalue weighted by atomic mass is 16.7. The van der Waals surface area contributed by atoms with Crippen LogP contribution in [0.1, 0.15) is 60.3 Å². The minimum absolute atomic E-state index is 0.0193. The lowest BCUT2D eigenvalue weighted by molar-refractivity contribution is -0.225. The van der Waals surface area contributed by atoms with E-state index in [0.29, 0.717) is 13.0 Å². The van der Waals surface area contributed by atoms with E-state index in [1.807, 2.05) is 19.1 Å². The van der Waals surface area contributed by atoms with Gasteiger partial charge >= 0.3 is 0 Å². The van der Waals surface area contributed by atoms with Gasteiger partial charge in [-0.15, -0.1) is 0 Å². The van der Waals surface area contributed by atoms with Crippen LogP contribution < -0.4 is 0 Å². The summed E-state index contributed by atoms with van der Waals surface area (Å²) in [6.45, 7) is 10.9. The summed E-state index contributed by atoms with van der Waals surface area (Å²) in [6.07, 6.45) is 13.8. The molecule has 30 heavy (non-hydrogen) atoms. The Morgan fingerprint density at radius 3 is 2.67 bits per heavy atom. The minimum Gasteiger partial charge on any atom is -0.380 e. The number of methoxy groups -OCH3 is 1. The van der Waals surface area contributed by atoms with Crippen LogP contribution in [0.3, 0.4) is 0 Å². The van der Waals surface area contributed by atoms with E-state index >= 15 is 0 Å². The molecule has 0 unspecified atom stereocenters. The van der Waals surface area contributed by atoms with Gasteiger partial charge in [0.25, 0.3) is 0 Å². The number of carbonyl (C=O) groups is 1. The molecule has 3 aliphatic rings.